The summed E-state index contributed by atoms with van der Waals surface area (Å²) >= 11 is 0. The van der Waals surface area contributed by atoms with Crippen LogP contribution in [0.5, 0.6) is 11.5 Å². The Hall–Kier alpha value is -3.60. The minimum Gasteiger partial charge on any atom is -0.506 e. The highest BCUT2D eigenvalue weighted by molar-refractivity contribution is 6.15. The number of carbonyl (C=O) groups is 1. The van der Waals surface area contributed by atoms with E-state index in [-0.39, 0.29) is 28.6 Å². The Morgan fingerprint density at radius 3 is 2.57 bits per heavy atom. The summed E-state index contributed by atoms with van der Waals surface area (Å²) in [5, 5.41) is 11.8. The van der Waals surface area contributed by atoms with Crippen molar-refractivity contribution in [1.82, 2.24) is 0 Å². The fourth-order valence-corrected chi connectivity index (χ4v) is 4.45. The highest BCUT2D eigenvalue weighted by atomic mass is 16.5. The highest BCUT2D eigenvalue weighted by Crippen LogP contribution is 2.49. The molecule has 3 aromatic rings. The van der Waals surface area contributed by atoms with Crippen molar-refractivity contribution in [3.8, 4) is 22.6 Å². The maximum atomic E-state index is 13.4. The van der Waals surface area contributed by atoms with E-state index in [1.54, 1.807) is 6.92 Å². The topological polar surface area (TPSA) is 76.7 Å². The van der Waals surface area contributed by atoms with Gasteiger partial charge >= 0.3 is 5.63 Å². The second-order valence-corrected chi connectivity index (χ2v) is 9.76. The number of aromatic hydroxyl groups is 1. The van der Waals surface area contributed by atoms with Gasteiger partial charge in [-0.05, 0) is 57.7 Å². The molecule has 0 fully saturated rings. The van der Waals surface area contributed by atoms with Crippen LogP contribution in [0.25, 0.3) is 28.2 Å². The smallest absolute Gasteiger partial charge is 0.336 e. The first-order chi connectivity index (χ1) is 16.6. The average Bonchev–Trinajstić information content (AvgIpc) is 2.83. The SMILES string of the molecule is CC[C@@H](C)C(=O)c1c(O)c2c(c3c(-c4ccccc4)cc(=O)oc13)O[C@](C)(CCC=C(C)C)C=C2. The Labute approximate surface area is 205 Å². The molecule has 5 nitrogen and oxygen atoms in total. The quantitative estimate of drug-likeness (QED) is 0.222. The van der Waals surface area contributed by atoms with Crippen molar-refractivity contribution in [2.75, 3.05) is 0 Å². The van der Waals surface area contributed by atoms with Gasteiger partial charge in [-0.1, -0.05) is 55.8 Å². The first-order valence-corrected chi connectivity index (χ1v) is 12.1. The Bertz CT molecular complexity index is 1390. The highest BCUT2D eigenvalue weighted by Gasteiger charge is 2.35. The molecule has 1 aliphatic rings. The Morgan fingerprint density at radius 1 is 1.20 bits per heavy atom. The summed E-state index contributed by atoms with van der Waals surface area (Å²) in [6, 6.07) is 10.9. The van der Waals surface area contributed by atoms with Crippen LogP contribution < -0.4 is 10.4 Å². The van der Waals surface area contributed by atoms with Crippen molar-refractivity contribution in [3.63, 3.8) is 0 Å². The van der Waals surface area contributed by atoms with E-state index in [2.05, 4.69) is 19.9 Å². The molecule has 0 aliphatic carbocycles. The van der Waals surface area contributed by atoms with Gasteiger partial charge in [-0.15, -0.1) is 0 Å². The number of carbonyl (C=O) groups excluding carboxylic acids is 1. The van der Waals surface area contributed by atoms with Gasteiger partial charge in [-0.2, -0.15) is 0 Å². The zero-order chi connectivity index (χ0) is 25.3. The summed E-state index contributed by atoms with van der Waals surface area (Å²) in [5.41, 5.74) is 1.94. The summed E-state index contributed by atoms with van der Waals surface area (Å²) in [6.07, 6.45) is 8.06. The van der Waals surface area contributed by atoms with Gasteiger partial charge in [0.25, 0.3) is 0 Å². The van der Waals surface area contributed by atoms with Gasteiger partial charge in [0.2, 0.25) is 0 Å². The third-order valence-electron chi connectivity index (χ3n) is 6.67. The molecule has 2 aromatic carbocycles. The predicted molar refractivity (Wildman–Crippen MR) is 140 cm³/mol. The number of fused-ring (bicyclic) bond motifs is 3. The number of rotatable bonds is 7. The second kappa shape index (κ2) is 9.57. The average molecular weight is 473 g/mol. The number of ether oxygens (including phenoxy) is 1. The van der Waals surface area contributed by atoms with Crippen LogP contribution in [0.3, 0.4) is 0 Å². The van der Waals surface area contributed by atoms with Crippen molar-refractivity contribution in [3.05, 3.63) is 75.7 Å². The van der Waals surface area contributed by atoms with Crippen LogP contribution in [0.1, 0.15) is 69.8 Å². The third-order valence-corrected chi connectivity index (χ3v) is 6.67. The molecule has 0 spiro atoms. The van der Waals surface area contributed by atoms with E-state index in [0.29, 0.717) is 28.7 Å². The van der Waals surface area contributed by atoms with Crippen LogP contribution in [-0.2, 0) is 0 Å². The van der Waals surface area contributed by atoms with Crippen molar-refractivity contribution >= 4 is 22.8 Å². The number of hydrogen-bond acceptors (Lipinski definition) is 5. The van der Waals surface area contributed by atoms with Crippen molar-refractivity contribution in [2.45, 2.75) is 59.5 Å². The molecule has 0 saturated heterocycles. The summed E-state index contributed by atoms with van der Waals surface area (Å²) in [6.45, 7) is 9.83. The molecule has 0 unspecified atom stereocenters. The maximum Gasteiger partial charge on any atom is 0.336 e. The van der Waals surface area contributed by atoms with Crippen molar-refractivity contribution in [1.29, 1.82) is 0 Å². The normalized spacial score (nSPS) is 17.5. The summed E-state index contributed by atoms with van der Waals surface area (Å²) in [5.74, 6) is -0.413. The molecule has 1 N–H and O–H groups in total. The molecule has 1 aromatic heterocycles. The minimum atomic E-state index is -0.634. The molecule has 2 atom stereocenters. The van der Waals surface area contributed by atoms with Crippen LogP contribution >= 0.6 is 0 Å². The molecule has 5 heteroatoms. The Balaban J connectivity index is 2.05. The van der Waals surface area contributed by atoms with Crippen LogP contribution in [-0.4, -0.2) is 16.5 Å². The lowest BCUT2D eigenvalue weighted by molar-refractivity contribution is 0.0924. The number of hydrogen-bond donors (Lipinski definition) is 1. The van der Waals surface area contributed by atoms with Crippen molar-refractivity contribution < 1.29 is 19.1 Å². The third kappa shape index (κ3) is 4.68. The molecule has 2 heterocycles. The lowest BCUT2D eigenvalue weighted by Crippen LogP contribution is -2.32. The number of phenols is 1. The molecule has 0 saturated carbocycles. The fraction of sp³-hybridized carbons (Fsp3) is 0.333. The number of phenolic OH excluding ortho intramolecular Hbond substituents is 1. The second-order valence-electron chi connectivity index (χ2n) is 9.76. The standard InChI is InChI=1S/C30H32O5/c1-6-19(4)26(32)25-27(33)21-14-16-30(5,15-10-11-18(2)3)35-28(21)24-22(17-23(31)34-29(24)25)20-12-8-7-9-13-20/h7-9,11-14,16-17,19,33H,6,10,15H2,1-5H3/t19-,30-/m1/s1. The van der Waals surface area contributed by atoms with Gasteiger partial charge in [-0.3, -0.25) is 4.79 Å². The summed E-state index contributed by atoms with van der Waals surface area (Å²) < 4.78 is 12.2. The number of allylic oxidation sites excluding steroid dienone is 2. The Morgan fingerprint density at radius 2 is 1.91 bits per heavy atom. The van der Waals surface area contributed by atoms with E-state index in [4.69, 9.17) is 9.15 Å². The predicted octanol–water partition coefficient (Wildman–Crippen LogP) is 7.31. The fourth-order valence-electron chi connectivity index (χ4n) is 4.45. The van der Waals surface area contributed by atoms with E-state index < -0.39 is 11.2 Å². The number of ketones is 1. The first kappa shape index (κ1) is 24.5. The number of benzene rings is 2. The molecular weight excluding hydrogens is 440 g/mol. The first-order valence-electron chi connectivity index (χ1n) is 12.1. The van der Waals surface area contributed by atoms with E-state index in [9.17, 15) is 14.7 Å². The lowest BCUT2D eigenvalue weighted by atomic mass is 9.87. The van der Waals surface area contributed by atoms with Crippen LogP contribution in [0.2, 0.25) is 0 Å². The zero-order valence-corrected chi connectivity index (χ0v) is 21.0. The Kier molecular flexibility index (Phi) is 6.70. The molecule has 35 heavy (non-hydrogen) atoms. The molecule has 4 rings (SSSR count). The van der Waals surface area contributed by atoms with Crippen LogP contribution in [0, 0.1) is 5.92 Å². The van der Waals surface area contributed by atoms with Gasteiger partial charge in [0, 0.05) is 17.5 Å². The van der Waals surface area contributed by atoms with E-state index in [1.807, 2.05) is 56.3 Å². The molecular formula is C30H32O5. The molecule has 0 amide bonds. The summed E-state index contributed by atoms with van der Waals surface area (Å²) in [7, 11) is 0. The van der Waals surface area contributed by atoms with Gasteiger partial charge in [-0.25, -0.2) is 4.79 Å². The van der Waals surface area contributed by atoms with Crippen molar-refractivity contribution in [2.24, 2.45) is 5.92 Å². The van der Waals surface area contributed by atoms with Crippen LogP contribution in [0.4, 0.5) is 0 Å². The van der Waals surface area contributed by atoms with Gasteiger partial charge in [0.15, 0.2) is 11.4 Å². The van der Waals surface area contributed by atoms with E-state index in [0.717, 1.165) is 18.4 Å². The molecule has 0 bridgehead atoms. The minimum absolute atomic E-state index is 0.0318. The molecule has 0 radical (unpaired) electrons. The van der Waals surface area contributed by atoms with E-state index >= 15 is 0 Å². The molecule has 182 valence electrons. The van der Waals surface area contributed by atoms with Crippen LogP contribution in [0.15, 0.2) is 63.3 Å². The lowest BCUT2D eigenvalue weighted by Gasteiger charge is -2.33. The monoisotopic (exact) mass is 472 g/mol. The van der Waals surface area contributed by atoms with Gasteiger partial charge < -0.3 is 14.3 Å². The van der Waals surface area contributed by atoms with Gasteiger partial charge in [0.05, 0.1) is 10.9 Å². The maximum absolute atomic E-state index is 13.4. The zero-order valence-electron chi connectivity index (χ0n) is 21.0. The molecule has 1 aliphatic heterocycles. The van der Waals surface area contributed by atoms with Gasteiger partial charge in [0.1, 0.15) is 22.7 Å². The largest absolute Gasteiger partial charge is 0.506 e. The number of Topliss-reactive ketones (excluding diaryl/α,β-unsaturated/α-hetero) is 1. The summed E-state index contributed by atoms with van der Waals surface area (Å²) in [4.78, 5) is 26.1. The van der Waals surface area contributed by atoms with E-state index in [1.165, 1.54) is 11.6 Å².